The van der Waals surface area contributed by atoms with Gasteiger partial charge in [0.15, 0.2) is 5.78 Å². The molecular weight excluding hydrogens is 541 g/mol. The molecule has 29 heavy (non-hydrogen) atoms. The van der Waals surface area contributed by atoms with E-state index >= 15 is 0 Å². The van der Waals surface area contributed by atoms with Gasteiger partial charge in [0.05, 0.1) is 5.76 Å². The number of carbonyl (C=O) groups excluding carboxylic acids is 1. The fourth-order valence-corrected chi connectivity index (χ4v) is 2.95. The van der Waals surface area contributed by atoms with Crippen LogP contribution in [-0.4, -0.2) is 15.9 Å². The Balaban J connectivity index is 0.000000456. The number of rotatable bonds is 3. The normalized spacial score (nSPS) is 10.4. The molecule has 1 N–H and O–H groups in total. The minimum Gasteiger partial charge on any atom is -0.512 e. The zero-order valence-electron chi connectivity index (χ0n) is 17.4. The molecule has 3 aromatic rings. The molecule has 0 saturated carbocycles. The Labute approximate surface area is 187 Å². The SMILES string of the molecule is CC(=O)/C=C(/C)O.Cc1[c-]c(-c2cc(C)c(-c3ccccc3)cn2)cc(C)c1.[Pt]. The number of pyridine rings is 1. The minimum atomic E-state index is -0.125. The van der Waals surface area contributed by atoms with E-state index in [4.69, 9.17) is 5.11 Å². The third-order valence-electron chi connectivity index (χ3n) is 4.03. The van der Waals surface area contributed by atoms with Crippen LogP contribution in [0.3, 0.4) is 0 Å². The molecule has 0 radical (unpaired) electrons. The maximum Gasteiger partial charge on any atom is 0.155 e. The van der Waals surface area contributed by atoms with Crippen LogP contribution in [0.1, 0.15) is 30.5 Å². The minimum absolute atomic E-state index is 0. The molecule has 0 bridgehead atoms. The smallest absolute Gasteiger partial charge is 0.155 e. The second-order valence-electron chi connectivity index (χ2n) is 6.90. The van der Waals surface area contributed by atoms with Crippen molar-refractivity contribution >= 4 is 5.78 Å². The molecule has 0 fully saturated rings. The van der Waals surface area contributed by atoms with Gasteiger partial charge in [-0.2, -0.15) is 0 Å². The summed E-state index contributed by atoms with van der Waals surface area (Å²) in [6.07, 6.45) is 3.13. The Kier molecular flexibility index (Phi) is 9.71. The number of nitrogens with zero attached hydrogens (tertiary/aromatic N) is 1. The Morgan fingerprint density at radius 3 is 2.17 bits per heavy atom. The van der Waals surface area contributed by atoms with Gasteiger partial charge in [-0.25, -0.2) is 0 Å². The van der Waals surface area contributed by atoms with Gasteiger partial charge in [-0.3, -0.25) is 4.79 Å². The van der Waals surface area contributed by atoms with Crippen molar-refractivity contribution in [2.75, 3.05) is 0 Å². The molecule has 0 saturated heterocycles. The van der Waals surface area contributed by atoms with E-state index in [-0.39, 0.29) is 32.6 Å². The summed E-state index contributed by atoms with van der Waals surface area (Å²) >= 11 is 0. The van der Waals surface area contributed by atoms with Crippen LogP contribution in [0.25, 0.3) is 22.4 Å². The molecule has 0 spiro atoms. The number of aliphatic hydroxyl groups excluding tert-OH is 1. The van der Waals surface area contributed by atoms with Gasteiger partial charge < -0.3 is 10.1 Å². The number of hydrogen-bond acceptors (Lipinski definition) is 3. The first-order valence-electron chi connectivity index (χ1n) is 9.17. The molecule has 1 aromatic heterocycles. The molecule has 0 unspecified atom stereocenters. The zero-order chi connectivity index (χ0) is 20.7. The zero-order valence-corrected chi connectivity index (χ0v) is 19.7. The average Bonchev–Trinajstić information content (AvgIpc) is 2.61. The Hall–Kier alpha value is -2.51. The van der Waals surface area contributed by atoms with Crippen LogP contribution >= 0.6 is 0 Å². The summed E-state index contributed by atoms with van der Waals surface area (Å²) in [6, 6.07) is 20.2. The standard InChI is InChI=1S/C20H18N.C5H8O2.Pt/c1-14-9-15(2)11-18(10-14)20-12-16(3)19(13-21-20)17-7-5-4-6-8-17;1-4(6)3-5(2)7;/h4-10,12-13H,1-3H3;3,6H,1-2H3;/q-1;;/b;4-3-;. The van der Waals surface area contributed by atoms with Crippen molar-refractivity contribution in [3.63, 3.8) is 0 Å². The second kappa shape index (κ2) is 11.5. The van der Waals surface area contributed by atoms with Gasteiger partial charge in [0.1, 0.15) is 0 Å². The van der Waals surface area contributed by atoms with Crippen molar-refractivity contribution in [2.24, 2.45) is 0 Å². The van der Waals surface area contributed by atoms with Crippen molar-refractivity contribution < 1.29 is 31.0 Å². The number of ketones is 1. The molecule has 0 aliphatic heterocycles. The monoisotopic (exact) mass is 567 g/mol. The molecular formula is C25H26NO2Pt-. The average molecular weight is 568 g/mol. The van der Waals surface area contributed by atoms with E-state index in [0.717, 1.165) is 16.8 Å². The molecule has 0 atom stereocenters. The van der Waals surface area contributed by atoms with Crippen LogP contribution in [0.15, 0.2) is 66.6 Å². The number of hydrogen-bond donors (Lipinski definition) is 1. The van der Waals surface area contributed by atoms with Crippen LogP contribution < -0.4 is 0 Å². The topological polar surface area (TPSA) is 50.2 Å². The summed E-state index contributed by atoms with van der Waals surface area (Å²) in [4.78, 5) is 14.7. The van der Waals surface area contributed by atoms with Gasteiger partial charge in [0, 0.05) is 38.9 Å². The summed E-state index contributed by atoms with van der Waals surface area (Å²) in [5, 5.41) is 8.36. The number of aromatic nitrogens is 1. The summed E-state index contributed by atoms with van der Waals surface area (Å²) < 4.78 is 0. The number of allylic oxidation sites excluding steroid dienone is 2. The van der Waals surface area contributed by atoms with Crippen molar-refractivity contribution in [2.45, 2.75) is 34.6 Å². The van der Waals surface area contributed by atoms with Crippen molar-refractivity contribution in [3.05, 3.63) is 89.3 Å². The number of aryl methyl sites for hydroxylation is 3. The molecule has 0 aliphatic carbocycles. The summed E-state index contributed by atoms with van der Waals surface area (Å²) in [7, 11) is 0. The Morgan fingerprint density at radius 1 is 1.03 bits per heavy atom. The first-order valence-corrected chi connectivity index (χ1v) is 9.17. The van der Waals surface area contributed by atoms with E-state index in [1.807, 2.05) is 12.3 Å². The van der Waals surface area contributed by atoms with Crippen LogP contribution in [-0.2, 0) is 25.9 Å². The predicted molar refractivity (Wildman–Crippen MR) is 115 cm³/mol. The third kappa shape index (κ3) is 7.79. The largest absolute Gasteiger partial charge is 0.512 e. The molecule has 2 aromatic carbocycles. The first-order chi connectivity index (χ1) is 13.3. The fraction of sp³-hybridized carbons (Fsp3) is 0.200. The quantitative estimate of drug-likeness (QED) is 0.234. The fourth-order valence-electron chi connectivity index (χ4n) is 2.95. The molecule has 0 amide bonds. The molecule has 154 valence electrons. The second-order valence-corrected chi connectivity index (χ2v) is 6.90. The van der Waals surface area contributed by atoms with E-state index < -0.39 is 0 Å². The van der Waals surface area contributed by atoms with E-state index in [2.05, 4.69) is 74.3 Å². The summed E-state index contributed by atoms with van der Waals surface area (Å²) in [5.74, 6) is -0.0625. The number of aliphatic hydroxyl groups is 1. The summed E-state index contributed by atoms with van der Waals surface area (Å²) in [6.45, 7) is 9.16. The van der Waals surface area contributed by atoms with E-state index in [1.54, 1.807) is 0 Å². The maximum absolute atomic E-state index is 10.0. The van der Waals surface area contributed by atoms with Crippen LogP contribution in [0.4, 0.5) is 0 Å². The Morgan fingerprint density at radius 2 is 1.69 bits per heavy atom. The predicted octanol–water partition coefficient (Wildman–Crippen LogP) is 6.18. The van der Waals surface area contributed by atoms with E-state index in [1.165, 1.54) is 42.2 Å². The molecule has 0 aliphatic rings. The third-order valence-corrected chi connectivity index (χ3v) is 4.03. The van der Waals surface area contributed by atoms with Crippen molar-refractivity contribution in [1.29, 1.82) is 0 Å². The number of benzene rings is 2. The molecule has 3 rings (SSSR count). The van der Waals surface area contributed by atoms with Gasteiger partial charge >= 0.3 is 0 Å². The van der Waals surface area contributed by atoms with Crippen molar-refractivity contribution in [3.8, 4) is 22.4 Å². The van der Waals surface area contributed by atoms with Gasteiger partial charge in [0.25, 0.3) is 0 Å². The van der Waals surface area contributed by atoms with Crippen LogP contribution in [0, 0.1) is 26.8 Å². The van der Waals surface area contributed by atoms with Gasteiger partial charge in [-0.1, -0.05) is 50.2 Å². The van der Waals surface area contributed by atoms with E-state index in [0.29, 0.717) is 0 Å². The van der Waals surface area contributed by atoms with Gasteiger partial charge in [-0.15, -0.1) is 34.9 Å². The molecule has 4 heteroatoms. The molecule has 1 heterocycles. The van der Waals surface area contributed by atoms with E-state index in [9.17, 15) is 4.79 Å². The van der Waals surface area contributed by atoms with Crippen LogP contribution in [0.5, 0.6) is 0 Å². The van der Waals surface area contributed by atoms with Crippen molar-refractivity contribution in [1.82, 2.24) is 4.98 Å². The van der Waals surface area contributed by atoms with Gasteiger partial charge in [0.2, 0.25) is 0 Å². The first kappa shape index (κ1) is 24.5. The molecule has 3 nitrogen and oxygen atoms in total. The van der Waals surface area contributed by atoms with Crippen LogP contribution in [0.2, 0.25) is 0 Å². The maximum atomic E-state index is 10.0. The number of carbonyl (C=O) groups is 1. The van der Waals surface area contributed by atoms with Gasteiger partial charge in [-0.05, 0) is 37.6 Å². The Bertz CT molecular complexity index is 971. The summed E-state index contributed by atoms with van der Waals surface area (Å²) in [5.41, 5.74) is 8.07.